The molecule has 224 valence electrons. The van der Waals surface area contributed by atoms with E-state index in [9.17, 15) is 27.2 Å². The number of benzene rings is 4. The molecule has 44 heavy (non-hydrogen) atoms. The molecule has 1 aromatic heterocycles. The Morgan fingerprint density at radius 3 is 2.57 bits per heavy atom. The van der Waals surface area contributed by atoms with E-state index >= 15 is 0 Å². The molecule has 0 radical (unpaired) electrons. The number of alkyl halides is 3. The Hall–Kier alpha value is -5.04. The average Bonchev–Trinajstić information content (AvgIpc) is 2.99. The third kappa shape index (κ3) is 6.78. The number of nitrogens with one attached hydrogen (secondary N) is 1. The minimum Gasteiger partial charge on any atom is -0.493 e. The van der Waals surface area contributed by atoms with E-state index in [0.717, 1.165) is 22.9 Å². The highest BCUT2D eigenvalue weighted by molar-refractivity contribution is 9.10. The average molecular weight is 669 g/mol. The number of carbonyl (C=O) groups is 1. The van der Waals surface area contributed by atoms with E-state index in [2.05, 4.69) is 31.3 Å². The van der Waals surface area contributed by atoms with Crippen molar-refractivity contribution in [1.29, 1.82) is 0 Å². The molecule has 5 rings (SSSR count). The van der Waals surface area contributed by atoms with Gasteiger partial charge in [-0.05, 0) is 76.1 Å². The molecular weight excluding hydrogens is 648 g/mol. The molecule has 1 amide bonds. The normalized spacial score (nSPS) is 11.6. The lowest BCUT2D eigenvalue weighted by Gasteiger charge is -2.14. The molecule has 0 saturated heterocycles. The zero-order chi connectivity index (χ0) is 31.4. The number of amides is 1. The van der Waals surface area contributed by atoms with Crippen molar-refractivity contribution < 1.29 is 31.8 Å². The Kier molecular flexibility index (Phi) is 8.76. The summed E-state index contributed by atoms with van der Waals surface area (Å²) in [6.45, 7) is -0.419. The van der Waals surface area contributed by atoms with Crippen LogP contribution in [0.1, 0.15) is 11.1 Å². The second kappa shape index (κ2) is 12.7. The van der Waals surface area contributed by atoms with Gasteiger partial charge in [-0.1, -0.05) is 30.3 Å². The number of anilines is 1. The molecule has 0 bridgehead atoms. The molecule has 8 nitrogen and oxygen atoms in total. The third-order valence-electron chi connectivity index (χ3n) is 6.23. The van der Waals surface area contributed by atoms with Gasteiger partial charge >= 0.3 is 6.18 Å². The molecule has 1 N–H and O–H groups in total. The first-order valence-corrected chi connectivity index (χ1v) is 13.6. The summed E-state index contributed by atoms with van der Waals surface area (Å²) in [6.07, 6.45) is -3.29. The van der Waals surface area contributed by atoms with Crippen molar-refractivity contribution in [2.45, 2.75) is 6.18 Å². The maximum Gasteiger partial charge on any atom is 0.416 e. The number of aromatic nitrogens is 2. The molecule has 0 aliphatic heterocycles. The van der Waals surface area contributed by atoms with Crippen LogP contribution in [0.5, 0.6) is 11.5 Å². The van der Waals surface area contributed by atoms with Crippen LogP contribution in [0.25, 0.3) is 22.3 Å². The van der Waals surface area contributed by atoms with E-state index in [4.69, 9.17) is 9.47 Å². The van der Waals surface area contributed by atoms with Gasteiger partial charge in [0.25, 0.3) is 11.5 Å². The molecule has 0 atom stereocenters. The molecule has 1 heterocycles. The largest absolute Gasteiger partial charge is 0.493 e. The first-order valence-electron chi connectivity index (χ1n) is 12.8. The van der Waals surface area contributed by atoms with Crippen LogP contribution < -0.4 is 20.3 Å². The number of methoxy groups -OCH3 is 1. The SMILES string of the molecule is COc1cc(C=Nn2c(-c3cccc(C(F)(F)F)c3)nc3ccccc3c2=O)cc(Br)c1OCC(=O)Nc1cccc(F)c1. The molecule has 0 unspecified atom stereocenters. The number of rotatable bonds is 8. The fourth-order valence-corrected chi connectivity index (χ4v) is 4.81. The van der Waals surface area contributed by atoms with Crippen LogP contribution in [-0.2, 0) is 11.0 Å². The summed E-state index contributed by atoms with van der Waals surface area (Å²) < 4.78 is 66.2. The van der Waals surface area contributed by atoms with Gasteiger partial charge in [-0.25, -0.2) is 9.37 Å². The standard InChI is InChI=1S/C31H21BrF4N4O4/c1-43-26-13-18(12-24(32)28(26)44-17-27(41)38-22-9-5-8-21(33)15-22)16-37-40-29(19-6-4-7-20(14-19)31(34,35)36)39-25-11-3-2-10-23(25)30(40)42/h2-16H,17H2,1H3,(H,38,41). The second-order valence-corrected chi connectivity index (χ2v) is 10.1. The van der Waals surface area contributed by atoms with Gasteiger partial charge in [-0.3, -0.25) is 9.59 Å². The summed E-state index contributed by atoms with van der Waals surface area (Å²) in [5.41, 5.74) is -0.474. The number of ether oxygens (including phenoxy) is 2. The summed E-state index contributed by atoms with van der Waals surface area (Å²) in [7, 11) is 1.38. The number of fused-ring (bicyclic) bond motifs is 1. The number of carbonyl (C=O) groups excluding carboxylic acids is 1. The lowest BCUT2D eigenvalue weighted by atomic mass is 10.1. The van der Waals surface area contributed by atoms with E-state index in [-0.39, 0.29) is 34.0 Å². The van der Waals surface area contributed by atoms with Crippen molar-refractivity contribution in [3.63, 3.8) is 0 Å². The predicted molar refractivity (Wildman–Crippen MR) is 161 cm³/mol. The summed E-state index contributed by atoms with van der Waals surface area (Å²) in [6, 6.07) is 19.4. The van der Waals surface area contributed by atoms with E-state index < -0.39 is 35.6 Å². The van der Waals surface area contributed by atoms with Crippen LogP contribution in [0, 0.1) is 5.82 Å². The quantitative estimate of drug-likeness (QED) is 0.144. The Bertz CT molecular complexity index is 1960. The van der Waals surface area contributed by atoms with Gasteiger partial charge in [0, 0.05) is 11.3 Å². The Labute approximate surface area is 255 Å². The lowest BCUT2D eigenvalue weighted by molar-refractivity contribution is -0.137. The van der Waals surface area contributed by atoms with Crippen LogP contribution in [0.2, 0.25) is 0 Å². The maximum absolute atomic E-state index is 13.5. The van der Waals surface area contributed by atoms with Gasteiger partial charge in [0.15, 0.2) is 23.9 Å². The highest BCUT2D eigenvalue weighted by atomic mass is 79.9. The maximum atomic E-state index is 13.5. The number of nitrogens with zero attached hydrogens (tertiary/aromatic N) is 3. The minimum atomic E-state index is -4.60. The van der Waals surface area contributed by atoms with E-state index in [0.29, 0.717) is 15.6 Å². The monoisotopic (exact) mass is 668 g/mol. The van der Waals surface area contributed by atoms with Crippen LogP contribution in [0.15, 0.2) is 99.3 Å². The van der Waals surface area contributed by atoms with Gasteiger partial charge in [-0.15, -0.1) is 0 Å². The first kappa shape index (κ1) is 30.4. The van der Waals surface area contributed by atoms with Crippen molar-refractivity contribution in [3.05, 3.63) is 117 Å². The smallest absolute Gasteiger partial charge is 0.416 e. The van der Waals surface area contributed by atoms with E-state index in [1.165, 1.54) is 49.7 Å². The number of para-hydroxylation sites is 1. The van der Waals surface area contributed by atoms with Gasteiger partial charge in [-0.2, -0.15) is 22.9 Å². The summed E-state index contributed by atoms with van der Waals surface area (Å²) in [5.74, 6) is -0.740. The fourth-order valence-electron chi connectivity index (χ4n) is 4.23. The van der Waals surface area contributed by atoms with Crippen LogP contribution >= 0.6 is 15.9 Å². The zero-order valence-electron chi connectivity index (χ0n) is 22.7. The Morgan fingerprint density at radius 2 is 1.82 bits per heavy atom. The molecular formula is C31H21BrF4N4O4. The number of halogens is 5. The van der Waals surface area contributed by atoms with Gasteiger partial charge in [0.1, 0.15) is 5.82 Å². The molecule has 13 heteroatoms. The number of hydrogen-bond donors (Lipinski definition) is 1. The van der Waals surface area contributed by atoms with Crippen molar-refractivity contribution in [3.8, 4) is 22.9 Å². The Morgan fingerprint density at radius 1 is 1.05 bits per heavy atom. The molecule has 0 saturated carbocycles. The highest BCUT2D eigenvalue weighted by Gasteiger charge is 2.31. The number of hydrogen-bond acceptors (Lipinski definition) is 6. The van der Waals surface area contributed by atoms with E-state index in [1.54, 1.807) is 30.3 Å². The van der Waals surface area contributed by atoms with Gasteiger partial charge in [0.05, 0.1) is 34.3 Å². The highest BCUT2D eigenvalue weighted by Crippen LogP contribution is 2.36. The van der Waals surface area contributed by atoms with Crippen LogP contribution in [0.3, 0.4) is 0 Å². The molecule has 4 aromatic carbocycles. The topological polar surface area (TPSA) is 94.8 Å². The Balaban J connectivity index is 1.47. The minimum absolute atomic E-state index is 0.0406. The molecule has 0 fully saturated rings. The third-order valence-corrected chi connectivity index (χ3v) is 6.82. The van der Waals surface area contributed by atoms with Gasteiger partial charge < -0.3 is 14.8 Å². The fraction of sp³-hybridized carbons (Fsp3) is 0.0968. The molecule has 0 spiro atoms. The summed E-state index contributed by atoms with van der Waals surface area (Å²) in [5, 5.41) is 7.04. The van der Waals surface area contributed by atoms with Crippen molar-refractivity contribution >= 4 is 44.6 Å². The van der Waals surface area contributed by atoms with Crippen molar-refractivity contribution in [2.75, 3.05) is 19.0 Å². The van der Waals surface area contributed by atoms with Crippen molar-refractivity contribution in [2.24, 2.45) is 5.10 Å². The summed E-state index contributed by atoms with van der Waals surface area (Å²) >= 11 is 3.38. The lowest BCUT2D eigenvalue weighted by Crippen LogP contribution is -2.21. The summed E-state index contributed by atoms with van der Waals surface area (Å²) in [4.78, 5) is 30.2. The van der Waals surface area contributed by atoms with Gasteiger partial charge in [0.2, 0.25) is 0 Å². The first-order chi connectivity index (χ1) is 21.0. The van der Waals surface area contributed by atoms with E-state index in [1.807, 2.05) is 0 Å². The molecule has 0 aliphatic rings. The van der Waals surface area contributed by atoms with Crippen LogP contribution in [-0.4, -0.2) is 35.5 Å². The van der Waals surface area contributed by atoms with Crippen LogP contribution in [0.4, 0.5) is 23.2 Å². The molecule has 5 aromatic rings. The molecule has 0 aliphatic carbocycles. The second-order valence-electron chi connectivity index (χ2n) is 9.27. The predicted octanol–water partition coefficient (Wildman–Crippen LogP) is 6.89. The zero-order valence-corrected chi connectivity index (χ0v) is 24.3. The van der Waals surface area contributed by atoms with Crippen molar-refractivity contribution in [1.82, 2.24) is 9.66 Å².